The van der Waals surface area contributed by atoms with Gasteiger partial charge in [0.05, 0.1) is 18.2 Å². The monoisotopic (exact) mass is 517 g/mol. The summed E-state index contributed by atoms with van der Waals surface area (Å²) in [5.41, 5.74) is 5.64. The molecule has 0 radical (unpaired) electrons. The zero-order chi connectivity index (χ0) is 25.8. The third kappa shape index (κ3) is 5.48. The van der Waals surface area contributed by atoms with Gasteiger partial charge in [-0.25, -0.2) is 9.18 Å². The van der Waals surface area contributed by atoms with Gasteiger partial charge in [0.25, 0.3) is 0 Å². The summed E-state index contributed by atoms with van der Waals surface area (Å²) >= 11 is 6.65. The smallest absolute Gasteiger partial charge is 0.335 e. The number of anilines is 1. The topological polar surface area (TPSA) is 38.8 Å². The van der Waals surface area contributed by atoms with Crippen molar-refractivity contribution in [2.75, 3.05) is 31.2 Å². The summed E-state index contributed by atoms with van der Waals surface area (Å²) in [5, 5.41) is 0.366. The van der Waals surface area contributed by atoms with Crippen LogP contribution in [0.3, 0.4) is 0 Å². The van der Waals surface area contributed by atoms with Gasteiger partial charge < -0.3 is 14.4 Å². The van der Waals surface area contributed by atoms with E-state index in [9.17, 15) is 9.18 Å². The molecule has 2 fully saturated rings. The Labute approximate surface area is 222 Å². The zero-order valence-electron chi connectivity index (χ0n) is 20.6. The molecule has 4 nitrogen and oxygen atoms in total. The lowest BCUT2D eigenvalue weighted by Gasteiger charge is -2.32. The van der Waals surface area contributed by atoms with E-state index in [1.807, 2.05) is 18.2 Å². The minimum Gasteiger partial charge on any atom is -0.423 e. The third-order valence-electron chi connectivity index (χ3n) is 7.07. The lowest BCUT2D eigenvalue weighted by Crippen LogP contribution is -2.36. The lowest BCUT2D eigenvalue weighted by atomic mass is 9.73. The molecule has 1 saturated heterocycles. The summed E-state index contributed by atoms with van der Waals surface area (Å²) in [6.45, 7) is 6.66. The van der Waals surface area contributed by atoms with Crippen molar-refractivity contribution < 1.29 is 18.7 Å². The van der Waals surface area contributed by atoms with Crippen LogP contribution < -0.4 is 9.64 Å². The number of hydrogen-bond acceptors (Lipinski definition) is 4. The number of carbonyl (C=O) groups is 1. The second kappa shape index (κ2) is 11.3. The number of rotatable bonds is 7. The molecule has 1 aliphatic heterocycles. The fraction of sp³-hybridized carbons (Fsp3) is 0.258. The molecule has 1 aliphatic carbocycles. The molecule has 0 bridgehead atoms. The number of carbonyl (C=O) groups excluding carboxylic acids is 1. The van der Waals surface area contributed by atoms with Crippen molar-refractivity contribution in [3.05, 3.63) is 107 Å². The highest BCUT2D eigenvalue weighted by molar-refractivity contribution is 6.32. The molecule has 5 rings (SSSR count). The van der Waals surface area contributed by atoms with E-state index < -0.39 is 5.97 Å². The first-order valence-electron chi connectivity index (χ1n) is 12.6. The maximum absolute atomic E-state index is 14.0. The predicted octanol–water partition coefficient (Wildman–Crippen LogP) is 7.17. The standard InChI is InChI=1S/C31H29ClFNO3/c1-2-29(35)37-28-9-4-3-8-26(28)31(22-10-13-24(14-11-22)34-16-18-36-19-17-34)30(21-6-5-7-21)25-15-12-23(33)20-27(25)32/h2-4,8-15,20-21H,1,5-7,16-19H2/b31-30+. The number of nitrogens with zero attached hydrogens (tertiary/aromatic N) is 1. The van der Waals surface area contributed by atoms with E-state index in [1.54, 1.807) is 12.1 Å². The molecular weight excluding hydrogens is 489 g/mol. The molecule has 0 spiro atoms. The Hall–Kier alpha value is -3.41. The minimum absolute atomic E-state index is 0.250. The van der Waals surface area contributed by atoms with Crippen LogP contribution in [0.5, 0.6) is 5.75 Å². The molecule has 3 aromatic rings. The molecule has 0 atom stereocenters. The van der Waals surface area contributed by atoms with Crippen LogP contribution in [-0.2, 0) is 9.53 Å². The molecule has 0 aromatic heterocycles. The minimum atomic E-state index is -0.528. The first-order chi connectivity index (χ1) is 18.0. The van der Waals surface area contributed by atoms with Gasteiger partial charge in [-0.15, -0.1) is 0 Å². The highest BCUT2D eigenvalue weighted by Crippen LogP contribution is 2.48. The SMILES string of the molecule is C=CC(=O)Oc1ccccc1/C(=C(/c1ccc(F)cc1Cl)C1CCC1)c1ccc(N2CCOCC2)cc1. The van der Waals surface area contributed by atoms with Crippen molar-refractivity contribution in [2.24, 2.45) is 5.92 Å². The Bertz CT molecular complexity index is 1320. The zero-order valence-corrected chi connectivity index (χ0v) is 21.3. The second-order valence-corrected chi connectivity index (χ2v) is 9.72. The van der Waals surface area contributed by atoms with Crippen molar-refractivity contribution in [2.45, 2.75) is 19.3 Å². The first kappa shape index (κ1) is 25.2. The molecule has 3 aromatic carbocycles. The maximum atomic E-state index is 14.0. The summed E-state index contributed by atoms with van der Waals surface area (Å²) in [6.07, 6.45) is 4.28. The van der Waals surface area contributed by atoms with Gasteiger partial charge in [-0.05, 0) is 71.4 Å². The van der Waals surface area contributed by atoms with Crippen LogP contribution in [0.1, 0.15) is 36.0 Å². The van der Waals surface area contributed by atoms with Crippen molar-refractivity contribution in [3.63, 3.8) is 0 Å². The fourth-order valence-corrected chi connectivity index (χ4v) is 5.26. The van der Waals surface area contributed by atoms with Crippen molar-refractivity contribution in [1.29, 1.82) is 0 Å². The number of allylic oxidation sites excluding steroid dienone is 1. The number of benzene rings is 3. The molecular formula is C31H29ClFNO3. The number of ether oxygens (including phenoxy) is 2. The van der Waals surface area contributed by atoms with Gasteiger partial charge in [-0.1, -0.05) is 61.0 Å². The second-order valence-electron chi connectivity index (χ2n) is 9.31. The number of para-hydroxylation sites is 1. The number of hydrogen-bond donors (Lipinski definition) is 0. The van der Waals surface area contributed by atoms with Crippen LogP contribution in [0, 0.1) is 11.7 Å². The number of halogens is 2. The van der Waals surface area contributed by atoms with E-state index in [1.165, 1.54) is 12.1 Å². The summed E-state index contributed by atoms with van der Waals surface area (Å²) in [5.74, 6) is -0.215. The van der Waals surface area contributed by atoms with Gasteiger partial charge in [-0.3, -0.25) is 0 Å². The van der Waals surface area contributed by atoms with Crippen LogP contribution in [-0.4, -0.2) is 32.3 Å². The van der Waals surface area contributed by atoms with Gasteiger partial charge in [0.2, 0.25) is 0 Å². The Kier molecular flexibility index (Phi) is 7.73. The van der Waals surface area contributed by atoms with Crippen LogP contribution in [0.2, 0.25) is 5.02 Å². The number of esters is 1. The lowest BCUT2D eigenvalue weighted by molar-refractivity contribution is -0.128. The van der Waals surface area contributed by atoms with Gasteiger partial charge in [0, 0.05) is 30.4 Å². The molecule has 2 aliphatic rings. The van der Waals surface area contributed by atoms with Crippen LogP contribution in [0.25, 0.3) is 11.1 Å². The molecule has 1 heterocycles. The Morgan fingerprint density at radius 2 is 1.76 bits per heavy atom. The van der Waals surface area contributed by atoms with Gasteiger partial charge in [-0.2, -0.15) is 0 Å². The highest BCUT2D eigenvalue weighted by atomic mass is 35.5. The summed E-state index contributed by atoms with van der Waals surface area (Å²) < 4.78 is 25.2. The average molecular weight is 518 g/mol. The molecule has 1 saturated carbocycles. The van der Waals surface area contributed by atoms with Crippen LogP contribution in [0.4, 0.5) is 10.1 Å². The Morgan fingerprint density at radius 3 is 2.41 bits per heavy atom. The van der Waals surface area contributed by atoms with Crippen molar-refractivity contribution in [3.8, 4) is 5.75 Å². The Morgan fingerprint density at radius 1 is 1.03 bits per heavy atom. The molecule has 0 amide bonds. The summed E-state index contributed by atoms with van der Waals surface area (Å²) in [7, 11) is 0. The van der Waals surface area contributed by atoms with Crippen LogP contribution >= 0.6 is 11.6 Å². The quantitative estimate of drug-likeness (QED) is 0.144. The third-order valence-corrected chi connectivity index (χ3v) is 7.38. The van der Waals surface area contributed by atoms with Gasteiger partial charge in [0.15, 0.2) is 0 Å². The van der Waals surface area contributed by atoms with Crippen molar-refractivity contribution >= 4 is 34.4 Å². The molecule has 37 heavy (non-hydrogen) atoms. The van der Waals surface area contributed by atoms with Gasteiger partial charge in [0.1, 0.15) is 11.6 Å². The van der Waals surface area contributed by atoms with Crippen molar-refractivity contribution in [1.82, 2.24) is 0 Å². The average Bonchev–Trinajstić information content (AvgIpc) is 2.89. The van der Waals surface area contributed by atoms with Gasteiger partial charge >= 0.3 is 5.97 Å². The summed E-state index contributed by atoms with van der Waals surface area (Å²) in [6, 6.07) is 20.5. The van der Waals surface area contributed by atoms with E-state index >= 15 is 0 Å². The largest absolute Gasteiger partial charge is 0.423 e. The van der Waals surface area contributed by atoms with E-state index in [4.69, 9.17) is 21.1 Å². The van der Waals surface area contributed by atoms with E-state index in [0.717, 1.165) is 72.0 Å². The fourth-order valence-electron chi connectivity index (χ4n) is 4.99. The molecule has 6 heteroatoms. The van der Waals surface area contributed by atoms with E-state index in [2.05, 4.69) is 35.7 Å². The van der Waals surface area contributed by atoms with E-state index in [0.29, 0.717) is 24.0 Å². The van der Waals surface area contributed by atoms with E-state index in [-0.39, 0.29) is 11.7 Å². The first-order valence-corrected chi connectivity index (χ1v) is 13.0. The molecule has 0 unspecified atom stereocenters. The molecule has 0 N–H and O–H groups in total. The Balaban J connectivity index is 1.72. The predicted molar refractivity (Wildman–Crippen MR) is 146 cm³/mol. The highest BCUT2D eigenvalue weighted by Gasteiger charge is 2.30. The maximum Gasteiger partial charge on any atom is 0.335 e. The number of morpholine rings is 1. The molecule has 190 valence electrons. The normalized spacial score (nSPS) is 16.5. The van der Waals surface area contributed by atoms with Crippen LogP contribution in [0.15, 0.2) is 79.4 Å². The summed E-state index contributed by atoms with van der Waals surface area (Å²) in [4.78, 5) is 14.5.